The maximum atomic E-state index is 13.5. The molecule has 2 N–H and O–H groups in total. The van der Waals surface area contributed by atoms with E-state index < -0.39 is 27.9 Å². The fourth-order valence-electron chi connectivity index (χ4n) is 4.58. The second kappa shape index (κ2) is 10.0. The normalized spacial score (nSPS) is 18.9. The zero-order valence-corrected chi connectivity index (χ0v) is 22.3. The van der Waals surface area contributed by atoms with Gasteiger partial charge in [0.15, 0.2) is 5.01 Å². The molecule has 37 heavy (non-hydrogen) atoms. The molecule has 1 fully saturated rings. The molecule has 1 unspecified atom stereocenters. The highest BCUT2D eigenvalue weighted by molar-refractivity contribution is 7.89. The molecular weight excluding hydrogens is 538 g/mol. The lowest BCUT2D eigenvalue weighted by Crippen LogP contribution is -2.61. The number of aromatic amines is 1. The van der Waals surface area contributed by atoms with Gasteiger partial charge in [0.1, 0.15) is 17.6 Å². The Balaban J connectivity index is 1.42. The molecule has 0 bridgehead atoms. The predicted molar refractivity (Wildman–Crippen MR) is 138 cm³/mol. The summed E-state index contributed by atoms with van der Waals surface area (Å²) in [6.07, 6.45) is 0.740. The number of amides is 2. The molecule has 2 amide bonds. The van der Waals surface area contributed by atoms with E-state index in [0.717, 1.165) is 23.5 Å². The maximum absolute atomic E-state index is 13.5. The summed E-state index contributed by atoms with van der Waals surface area (Å²) in [7, 11) is -2.01. The Bertz CT molecular complexity index is 1530. The van der Waals surface area contributed by atoms with Crippen molar-refractivity contribution in [1.82, 2.24) is 29.4 Å². The average Bonchev–Trinajstić information content (AvgIpc) is 3.50. The van der Waals surface area contributed by atoms with Crippen molar-refractivity contribution >= 4 is 55.7 Å². The molecule has 2 aliphatic heterocycles. The third-order valence-corrected chi connectivity index (χ3v) is 9.62. The number of sulfonamides is 1. The van der Waals surface area contributed by atoms with Crippen LogP contribution in [-0.4, -0.2) is 90.1 Å². The molecule has 2 aromatic heterocycles. The van der Waals surface area contributed by atoms with Crippen molar-refractivity contribution in [2.75, 3.05) is 39.8 Å². The van der Waals surface area contributed by atoms with E-state index in [-0.39, 0.29) is 36.2 Å². The number of carbonyl (C=O) groups is 2. The number of fused-ring (bicyclic) bond motifs is 2. The number of benzene rings is 1. The van der Waals surface area contributed by atoms with Crippen molar-refractivity contribution in [1.29, 1.82) is 5.26 Å². The summed E-state index contributed by atoms with van der Waals surface area (Å²) in [4.78, 5) is 38.5. The zero-order valence-electron chi connectivity index (χ0n) is 19.9. The first-order valence-corrected chi connectivity index (χ1v) is 14.2. The van der Waals surface area contributed by atoms with Gasteiger partial charge < -0.3 is 20.1 Å². The van der Waals surface area contributed by atoms with Crippen LogP contribution in [0.25, 0.3) is 10.9 Å². The second-order valence-corrected chi connectivity index (χ2v) is 12.4. The lowest BCUT2D eigenvalue weighted by atomic mass is 10.1. The number of thiazole rings is 1. The molecule has 0 aliphatic carbocycles. The summed E-state index contributed by atoms with van der Waals surface area (Å²) < 4.78 is 28.2. The van der Waals surface area contributed by atoms with Crippen LogP contribution in [0, 0.1) is 11.3 Å². The molecule has 0 radical (unpaired) electrons. The van der Waals surface area contributed by atoms with Gasteiger partial charge in [-0.3, -0.25) is 9.59 Å². The van der Waals surface area contributed by atoms with Gasteiger partial charge in [-0.25, -0.2) is 13.4 Å². The van der Waals surface area contributed by atoms with E-state index in [4.69, 9.17) is 16.9 Å². The van der Waals surface area contributed by atoms with E-state index in [0.29, 0.717) is 22.5 Å². The Morgan fingerprint density at radius 1 is 1.30 bits per heavy atom. The van der Waals surface area contributed by atoms with Gasteiger partial charge in [0.05, 0.1) is 11.8 Å². The van der Waals surface area contributed by atoms with E-state index in [2.05, 4.69) is 20.2 Å². The van der Waals surface area contributed by atoms with Gasteiger partial charge in [-0.05, 0) is 31.3 Å². The van der Waals surface area contributed by atoms with Gasteiger partial charge in [-0.2, -0.15) is 9.57 Å². The Labute approximate surface area is 222 Å². The molecule has 3 aromatic rings. The van der Waals surface area contributed by atoms with Crippen molar-refractivity contribution < 1.29 is 18.0 Å². The van der Waals surface area contributed by atoms with Crippen molar-refractivity contribution in [3.63, 3.8) is 0 Å². The van der Waals surface area contributed by atoms with E-state index >= 15 is 0 Å². The number of halogens is 1. The van der Waals surface area contributed by atoms with Crippen LogP contribution in [0.2, 0.25) is 5.02 Å². The lowest BCUT2D eigenvalue weighted by molar-refractivity contribution is -0.126. The van der Waals surface area contributed by atoms with Gasteiger partial charge in [0.25, 0.3) is 15.9 Å². The fraction of sp³-hybridized carbons (Fsp3) is 0.391. The van der Waals surface area contributed by atoms with E-state index in [1.54, 1.807) is 18.2 Å². The number of likely N-dealkylation sites (N-methyl/N-ethyl adjacent to an activating group) is 1. The Morgan fingerprint density at radius 3 is 2.89 bits per heavy atom. The Morgan fingerprint density at radius 2 is 2.11 bits per heavy atom. The molecule has 1 aromatic carbocycles. The number of nitrogens with one attached hydrogen (secondary N) is 2. The molecule has 14 heteroatoms. The highest BCUT2D eigenvalue weighted by atomic mass is 35.5. The standard InChI is InChI=1S/C23H24ClN7O4S2/c1-29-7-4-17-19(13-29)36-22(28-17)23(33)31-9-8-30(12-18(31)21(32)26-6-5-25)37(34,35)20-11-14-10-15(24)2-3-16(14)27-20/h2-3,10-11,18,27H,4,6-9,12-13H2,1H3,(H,26,32). The topological polar surface area (TPSA) is 142 Å². The molecule has 0 saturated carbocycles. The molecule has 5 rings (SSSR count). The third kappa shape index (κ3) is 4.95. The van der Waals surface area contributed by atoms with E-state index in [9.17, 15) is 18.0 Å². The minimum Gasteiger partial charge on any atom is -0.345 e. The number of carbonyl (C=O) groups excluding carboxylic acids is 2. The second-order valence-electron chi connectivity index (χ2n) is 9.00. The molecule has 4 heterocycles. The first-order chi connectivity index (χ1) is 17.7. The SMILES string of the molecule is CN1CCc2nc(C(=O)N3CCN(S(=O)(=O)c4cc5cc(Cl)ccc5[nH]4)CC3C(=O)NCC#N)sc2C1. The summed E-state index contributed by atoms with van der Waals surface area (Å²) >= 11 is 7.34. The van der Waals surface area contributed by atoms with Crippen LogP contribution in [0.1, 0.15) is 20.4 Å². The lowest BCUT2D eigenvalue weighted by Gasteiger charge is -2.39. The average molecular weight is 562 g/mol. The van der Waals surface area contributed by atoms with Gasteiger partial charge >= 0.3 is 0 Å². The Hall–Kier alpha value is -3.02. The maximum Gasteiger partial charge on any atom is 0.283 e. The van der Waals surface area contributed by atoms with Crippen molar-refractivity contribution in [3.05, 3.63) is 44.9 Å². The number of rotatable bonds is 5. The molecular formula is C23H24ClN7O4S2. The summed E-state index contributed by atoms with van der Waals surface area (Å²) in [6.45, 7) is 1.03. The van der Waals surface area contributed by atoms with Crippen LogP contribution in [0.3, 0.4) is 0 Å². The van der Waals surface area contributed by atoms with Crippen LogP contribution in [0.5, 0.6) is 0 Å². The van der Waals surface area contributed by atoms with Gasteiger partial charge in [0.2, 0.25) is 5.91 Å². The fourth-order valence-corrected chi connectivity index (χ4v) is 7.36. The monoisotopic (exact) mass is 561 g/mol. The zero-order chi connectivity index (χ0) is 26.3. The van der Waals surface area contributed by atoms with Crippen molar-refractivity contribution in [3.8, 4) is 6.07 Å². The number of nitriles is 1. The number of nitrogens with zero attached hydrogens (tertiary/aromatic N) is 5. The van der Waals surface area contributed by atoms with Gasteiger partial charge in [-0.1, -0.05) is 11.6 Å². The smallest absolute Gasteiger partial charge is 0.283 e. The molecule has 1 saturated heterocycles. The van der Waals surface area contributed by atoms with Gasteiger partial charge in [-0.15, -0.1) is 11.3 Å². The van der Waals surface area contributed by atoms with Crippen LogP contribution in [0.15, 0.2) is 29.3 Å². The van der Waals surface area contributed by atoms with E-state index in [1.807, 2.05) is 13.1 Å². The number of aromatic nitrogens is 2. The quantitative estimate of drug-likeness (QED) is 0.448. The minimum atomic E-state index is -4.01. The number of hydrogen-bond donors (Lipinski definition) is 2. The molecule has 194 valence electrons. The highest BCUT2D eigenvalue weighted by Gasteiger charge is 2.41. The summed E-state index contributed by atoms with van der Waals surface area (Å²) in [6, 6.07) is 7.23. The number of H-pyrrole nitrogens is 1. The molecule has 1 atom stereocenters. The highest BCUT2D eigenvalue weighted by Crippen LogP contribution is 2.29. The first kappa shape index (κ1) is 25.6. The molecule has 11 nitrogen and oxygen atoms in total. The minimum absolute atomic E-state index is 0.0000516. The molecule has 2 aliphatic rings. The summed E-state index contributed by atoms with van der Waals surface area (Å²) in [5.74, 6) is -1.02. The van der Waals surface area contributed by atoms with Crippen molar-refractivity contribution in [2.45, 2.75) is 24.0 Å². The number of piperazine rings is 1. The predicted octanol–water partition coefficient (Wildman–Crippen LogP) is 1.42. The summed E-state index contributed by atoms with van der Waals surface area (Å²) in [5.41, 5.74) is 1.50. The molecule has 0 spiro atoms. The van der Waals surface area contributed by atoms with Gasteiger partial charge in [0, 0.05) is 59.9 Å². The third-order valence-electron chi connectivity index (χ3n) is 6.53. The Kier molecular flexibility index (Phi) is 6.95. The van der Waals surface area contributed by atoms with Crippen LogP contribution in [-0.2, 0) is 27.8 Å². The summed E-state index contributed by atoms with van der Waals surface area (Å²) in [5, 5.41) is 12.8. The first-order valence-electron chi connectivity index (χ1n) is 11.6. The number of hydrogen-bond acceptors (Lipinski definition) is 8. The van der Waals surface area contributed by atoms with Crippen LogP contribution >= 0.6 is 22.9 Å². The van der Waals surface area contributed by atoms with Crippen LogP contribution < -0.4 is 5.32 Å². The van der Waals surface area contributed by atoms with Crippen molar-refractivity contribution in [2.24, 2.45) is 0 Å². The van der Waals surface area contributed by atoms with E-state index in [1.165, 1.54) is 26.6 Å². The largest absolute Gasteiger partial charge is 0.345 e. The van der Waals surface area contributed by atoms with Crippen LogP contribution in [0.4, 0.5) is 0 Å².